The minimum atomic E-state index is -4.06. The number of hydrogen-bond donors (Lipinski definition) is 4. The van der Waals surface area contributed by atoms with Crippen LogP contribution in [-0.4, -0.2) is 42.3 Å². The molecule has 11 nitrogen and oxygen atoms in total. The number of aromatic carboxylic acids is 1. The lowest BCUT2D eigenvalue weighted by Crippen LogP contribution is -2.11. The van der Waals surface area contributed by atoms with Crippen molar-refractivity contribution in [2.45, 2.75) is 13.3 Å². The van der Waals surface area contributed by atoms with Gasteiger partial charge < -0.3 is 20.9 Å². The molecule has 0 fully saturated rings. The smallest absolute Gasteiger partial charge is 0.335 e. The van der Waals surface area contributed by atoms with Crippen LogP contribution in [-0.2, 0) is 10.1 Å². The standard InChI is InChI=1S/C24H24N4O7S/c1-15-13-20(25)22(35-11-2-12-36(32,33)34)14-21(15)28-27-19-9-3-16(4-10-19)23(29)26-18-7-5-17(6-8-18)24(30)31/h3-10,13-14H,2,11-12,25H2,1H3,(H,26,29)(H,30,31)(H,32,33,34). The first kappa shape index (κ1) is 26.3. The maximum atomic E-state index is 12.4. The average Bonchev–Trinajstić information content (AvgIpc) is 2.82. The number of carbonyl (C=O) groups excluding carboxylic acids is 1. The molecule has 0 bridgehead atoms. The number of hydrogen-bond acceptors (Lipinski definition) is 8. The minimum absolute atomic E-state index is 0.0386. The largest absolute Gasteiger partial charge is 0.491 e. The number of carbonyl (C=O) groups is 2. The van der Waals surface area contributed by atoms with Crippen molar-refractivity contribution in [1.29, 1.82) is 0 Å². The molecule has 0 heterocycles. The molecule has 0 saturated carbocycles. The summed E-state index contributed by atoms with van der Waals surface area (Å²) in [5, 5.41) is 20.0. The number of nitrogen functional groups attached to an aromatic ring is 1. The molecule has 3 rings (SSSR count). The zero-order valence-corrected chi connectivity index (χ0v) is 20.0. The van der Waals surface area contributed by atoms with E-state index in [9.17, 15) is 18.0 Å². The van der Waals surface area contributed by atoms with Gasteiger partial charge in [0.1, 0.15) is 5.75 Å². The highest BCUT2D eigenvalue weighted by Gasteiger charge is 2.10. The second-order valence-corrected chi connectivity index (χ2v) is 9.32. The van der Waals surface area contributed by atoms with E-state index >= 15 is 0 Å². The molecule has 0 radical (unpaired) electrons. The number of azo groups is 1. The predicted octanol–water partition coefficient (Wildman–Crippen LogP) is 4.60. The zero-order valence-electron chi connectivity index (χ0n) is 19.2. The van der Waals surface area contributed by atoms with Gasteiger partial charge in [-0.05, 0) is 73.5 Å². The minimum Gasteiger partial charge on any atom is -0.491 e. The Bertz CT molecular complexity index is 1390. The fraction of sp³-hybridized carbons (Fsp3) is 0.167. The molecule has 1 amide bonds. The Balaban J connectivity index is 1.64. The van der Waals surface area contributed by atoms with Crippen LogP contribution >= 0.6 is 0 Å². The van der Waals surface area contributed by atoms with Crippen molar-refractivity contribution in [2.24, 2.45) is 10.2 Å². The van der Waals surface area contributed by atoms with Gasteiger partial charge in [-0.15, -0.1) is 0 Å². The lowest BCUT2D eigenvalue weighted by molar-refractivity contribution is 0.0696. The highest BCUT2D eigenvalue weighted by atomic mass is 32.2. The SMILES string of the molecule is Cc1cc(N)c(OCCCS(=O)(=O)O)cc1N=Nc1ccc(C(=O)Nc2ccc(C(=O)O)cc2)cc1. The van der Waals surface area contributed by atoms with Crippen molar-refractivity contribution in [3.63, 3.8) is 0 Å². The molecule has 12 heteroatoms. The van der Waals surface area contributed by atoms with Crippen LogP contribution in [0.5, 0.6) is 5.75 Å². The van der Waals surface area contributed by atoms with Crippen LogP contribution in [0.1, 0.15) is 32.7 Å². The fourth-order valence-corrected chi connectivity index (χ4v) is 3.53. The van der Waals surface area contributed by atoms with Gasteiger partial charge in [0.05, 0.1) is 35.0 Å². The molecule has 0 aliphatic rings. The summed E-state index contributed by atoms with van der Waals surface area (Å²) >= 11 is 0. The van der Waals surface area contributed by atoms with E-state index in [1.54, 1.807) is 43.3 Å². The number of carboxylic acid groups (broad SMARTS) is 1. The number of nitrogens with one attached hydrogen (secondary N) is 1. The van der Waals surface area contributed by atoms with Crippen LogP contribution in [0.3, 0.4) is 0 Å². The third-order valence-electron chi connectivity index (χ3n) is 4.92. The van der Waals surface area contributed by atoms with E-state index in [2.05, 4.69) is 15.5 Å². The summed E-state index contributed by atoms with van der Waals surface area (Å²) in [7, 11) is -4.06. The second-order valence-electron chi connectivity index (χ2n) is 7.75. The van der Waals surface area contributed by atoms with E-state index in [-0.39, 0.29) is 24.5 Å². The molecule has 0 saturated heterocycles. The average molecular weight is 513 g/mol. The van der Waals surface area contributed by atoms with Gasteiger partial charge in [0.25, 0.3) is 16.0 Å². The topological polar surface area (TPSA) is 181 Å². The van der Waals surface area contributed by atoms with Crippen LogP contribution in [0.2, 0.25) is 0 Å². The van der Waals surface area contributed by atoms with Crippen LogP contribution < -0.4 is 15.8 Å². The van der Waals surface area contributed by atoms with Crippen molar-refractivity contribution in [3.05, 3.63) is 77.4 Å². The summed E-state index contributed by atoms with van der Waals surface area (Å²) in [5.74, 6) is -1.53. The summed E-state index contributed by atoms with van der Waals surface area (Å²) < 4.78 is 35.9. The summed E-state index contributed by atoms with van der Waals surface area (Å²) in [6.07, 6.45) is 0.0938. The molecule has 3 aromatic rings. The van der Waals surface area contributed by atoms with Crippen molar-refractivity contribution in [3.8, 4) is 5.75 Å². The summed E-state index contributed by atoms with van der Waals surface area (Å²) in [5.41, 5.74) is 8.99. The number of benzene rings is 3. The molecule has 0 unspecified atom stereocenters. The van der Waals surface area contributed by atoms with Gasteiger partial charge in [0, 0.05) is 17.3 Å². The number of anilines is 2. The number of amides is 1. The first-order valence-electron chi connectivity index (χ1n) is 10.7. The van der Waals surface area contributed by atoms with E-state index in [0.717, 1.165) is 5.56 Å². The maximum Gasteiger partial charge on any atom is 0.335 e. The van der Waals surface area contributed by atoms with E-state index in [0.29, 0.717) is 34.1 Å². The zero-order chi connectivity index (χ0) is 26.3. The Morgan fingerprint density at radius 3 is 2.25 bits per heavy atom. The molecule has 0 aliphatic heterocycles. The highest BCUT2D eigenvalue weighted by Crippen LogP contribution is 2.32. The molecule has 0 spiro atoms. The number of carboxylic acids is 1. The lowest BCUT2D eigenvalue weighted by atomic mass is 10.1. The molecule has 0 atom stereocenters. The van der Waals surface area contributed by atoms with Gasteiger partial charge in [-0.1, -0.05) is 0 Å². The van der Waals surface area contributed by atoms with Crippen molar-refractivity contribution >= 4 is 44.7 Å². The van der Waals surface area contributed by atoms with Crippen LogP contribution in [0.15, 0.2) is 70.9 Å². The van der Waals surface area contributed by atoms with Gasteiger partial charge >= 0.3 is 5.97 Å². The van der Waals surface area contributed by atoms with Crippen LogP contribution in [0.4, 0.5) is 22.7 Å². The lowest BCUT2D eigenvalue weighted by Gasteiger charge is -2.10. The Morgan fingerprint density at radius 2 is 1.64 bits per heavy atom. The van der Waals surface area contributed by atoms with Crippen molar-refractivity contribution in [2.75, 3.05) is 23.4 Å². The van der Waals surface area contributed by atoms with Gasteiger partial charge in [-0.3, -0.25) is 9.35 Å². The summed E-state index contributed by atoms with van der Waals surface area (Å²) in [4.78, 5) is 23.4. The second kappa shape index (κ2) is 11.4. The molecule has 0 aromatic heterocycles. The molecular weight excluding hydrogens is 488 g/mol. The first-order valence-corrected chi connectivity index (χ1v) is 12.3. The van der Waals surface area contributed by atoms with Gasteiger partial charge in [-0.2, -0.15) is 18.6 Å². The summed E-state index contributed by atoms with van der Waals surface area (Å²) in [6, 6.07) is 15.4. The number of aryl methyl sites for hydroxylation is 1. The number of ether oxygens (including phenoxy) is 1. The quantitative estimate of drug-likeness (QED) is 0.132. The summed E-state index contributed by atoms with van der Waals surface area (Å²) in [6.45, 7) is 1.83. The van der Waals surface area contributed by atoms with Gasteiger partial charge in [-0.25, -0.2) is 4.79 Å². The number of rotatable bonds is 10. The Kier molecular flexibility index (Phi) is 8.35. The maximum absolute atomic E-state index is 12.4. The van der Waals surface area contributed by atoms with Crippen LogP contribution in [0.25, 0.3) is 0 Å². The third-order valence-corrected chi connectivity index (χ3v) is 5.73. The molecule has 188 valence electrons. The Hall–Kier alpha value is -4.29. The Morgan fingerprint density at radius 1 is 1.00 bits per heavy atom. The normalized spacial score (nSPS) is 11.4. The van der Waals surface area contributed by atoms with Crippen molar-refractivity contribution in [1.82, 2.24) is 0 Å². The molecular formula is C24H24N4O7S. The van der Waals surface area contributed by atoms with Crippen molar-refractivity contribution < 1.29 is 32.4 Å². The number of nitrogens with two attached hydrogens (primary N) is 1. The van der Waals surface area contributed by atoms with E-state index in [1.165, 1.54) is 24.3 Å². The monoisotopic (exact) mass is 512 g/mol. The third kappa shape index (κ3) is 7.61. The first-order chi connectivity index (χ1) is 17.0. The fourth-order valence-electron chi connectivity index (χ4n) is 3.05. The van der Waals surface area contributed by atoms with E-state index in [1.807, 2.05) is 0 Å². The molecule has 5 N–H and O–H groups in total. The molecule has 36 heavy (non-hydrogen) atoms. The van der Waals surface area contributed by atoms with Gasteiger partial charge in [0.15, 0.2) is 0 Å². The Labute approximate surface area is 207 Å². The number of nitrogens with zero attached hydrogens (tertiary/aromatic N) is 2. The van der Waals surface area contributed by atoms with E-state index < -0.39 is 21.8 Å². The molecule has 0 aliphatic carbocycles. The van der Waals surface area contributed by atoms with E-state index in [4.69, 9.17) is 20.1 Å². The van der Waals surface area contributed by atoms with Gasteiger partial charge in [0.2, 0.25) is 0 Å². The highest BCUT2D eigenvalue weighted by molar-refractivity contribution is 7.85. The molecule has 3 aromatic carbocycles. The van der Waals surface area contributed by atoms with Crippen LogP contribution in [0, 0.1) is 6.92 Å². The predicted molar refractivity (Wildman–Crippen MR) is 134 cm³/mol.